The summed E-state index contributed by atoms with van der Waals surface area (Å²) in [4.78, 5) is 24.8. The van der Waals surface area contributed by atoms with Crippen LogP contribution in [0, 0.1) is 5.82 Å². The van der Waals surface area contributed by atoms with Crippen molar-refractivity contribution >= 4 is 17.7 Å². The molecule has 1 saturated heterocycles. The molecule has 2 N–H and O–H groups in total. The van der Waals surface area contributed by atoms with E-state index in [2.05, 4.69) is 5.32 Å². The van der Waals surface area contributed by atoms with E-state index in [0.717, 1.165) is 18.2 Å². The summed E-state index contributed by atoms with van der Waals surface area (Å²) in [5.41, 5.74) is -0.679. The van der Waals surface area contributed by atoms with E-state index in [1.807, 2.05) is 13.8 Å². The summed E-state index contributed by atoms with van der Waals surface area (Å²) in [6.45, 7) is 4.88. The molecule has 1 aliphatic rings. The Hall–Kier alpha value is -2.15. The molecule has 0 aromatic heterocycles. The number of halogens is 1. The zero-order valence-corrected chi connectivity index (χ0v) is 11.9. The van der Waals surface area contributed by atoms with Gasteiger partial charge in [0, 0.05) is 6.54 Å². The zero-order chi connectivity index (χ0) is 15.6. The number of amides is 2. The van der Waals surface area contributed by atoms with Crippen LogP contribution in [-0.2, 0) is 4.74 Å². The van der Waals surface area contributed by atoms with Gasteiger partial charge in [-0.3, -0.25) is 0 Å². The van der Waals surface area contributed by atoms with Gasteiger partial charge in [-0.2, -0.15) is 0 Å². The van der Waals surface area contributed by atoms with Crippen LogP contribution in [0.4, 0.5) is 14.9 Å². The zero-order valence-electron chi connectivity index (χ0n) is 11.9. The Morgan fingerprint density at radius 3 is 2.76 bits per heavy atom. The Labute approximate surface area is 121 Å². The van der Waals surface area contributed by atoms with Crippen molar-refractivity contribution in [3.05, 3.63) is 29.6 Å². The normalized spacial score (nSPS) is 17.4. The fourth-order valence-electron chi connectivity index (χ4n) is 2.19. The Morgan fingerprint density at radius 1 is 1.43 bits per heavy atom. The van der Waals surface area contributed by atoms with Crippen molar-refractivity contribution < 1.29 is 23.8 Å². The van der Waals surface area contributed by atoms with E-state index in [4.69, 9.17) is 9.84 Å². The minimum absolute atomic E-state index is 0.0585. The number of carboxylic acids is 1. The third-order valence-corrected chi connectivity index (χ3v) is 3.17. The predicted octanol–water partition coefficient (Wildman–Crippen LogP) is 2.17. The first kappa shape index (κ1) is 15.2. The van der Waals surface area contributed by atoms with E-state index in [1.54, 1.807) is 0 Å². The van der Waals surface area contributed by atoms with E-state index >= 15 is 0 Å². The lowest BCUT2D eigenvalue weighted by molar-refractivity contribution is -0.0720. The highest BCUT2D eigenvalue weighted by Crippen LogP contribution is 2.20. The number of urea groups is 1. The van der Waals surface area contributed by atoms with Gasteiger partial charge in [-0.25, -0.2) is 14.0 Å². The van der Waals surface area contributed by atoms with Gasteiger partial charge in [-0.1, -0.05) is 0 Å². The average Bonchev–Trinajstić information content (AvgIpc) is 2.37. The number of carboxylic acid groups (broad SMARTS) is 1. The minimum atomic E-state index is -1.23. The third-order valence-electron chi connectivity index (χ3n) is 3.17. The van der Waals surface area contributed by atoms with Crippen molar-refractivity contribution in [3.63, 3.8) is 0 Å². The summed E-state index contributed by atoms with van der Waals surface area (Å²) in [5.74, 6) is -1.84. The Morgan fingerprint density at radius 2 is 2.14 bits per heavy atom. The van der Waals surface area contributed by atoms with Crippen LogP contribution < -0.4 is 5.32 Å². The Balaban J connectivity index is 2.16. The third kappa shape index (κ3) is 3.69. The molecule has 7 heteroatoms. The Bertz CT molecular complexity index is 574. The molecule has 1 heterocycles. The standard InChI is InChI=1S/C14H17FN2O4/c1-14(2)8-17(5-6-21-14)13(20)16-11-7-9(15)3-4-10(11)12(18)19/h3-4,7H,5-6,8H2,1-2H3,(H,16,20)(H,18,19). The maximum absolute atomic E-state index is 13.2. The Kier molecular flexibility index (Phi) is 4.13. The lowest BCUT2D eigenvalue weighted by Gasteiger charge is -2.38. The van der Waals surface area contributed by atoms with Crippen LogP contribution in [-0.4, -0.2) is 47.3 Å². The molecule has 6 nitrogen and oxygen atoms in total. The summed E-state index contributed by atoms with van der Waals surface area (Å²) >= 11 is 0. The molecular formula is C14H17FN2O4. The lowest BCUT2D eigenvalue weighted by Crippen LogP contribution is -2.51. The maximum Gasteiger partial charge on any atom is 0.337 e. The topological polar surface area (TPSA) is 78.9 Å². The van der Waals surface area contributed by atoms with E-state index in [0.29, 0.717) is 19.7 Å². The van der Waals surface area contributed by atoms with Gasteiger partial charge in [0.2, 0.25) is 0 Å². The molecule has 21 heavy (non-hydrogen) atoms. The molecule has 0 spiro atoms. The molecule has 0 bridgehead atoms. The number of nitrogens with one attached hydrogen (secondary N) is 1. The van der Waals surface area contributed by atoms with Crippen molar-refractivity contribution in [1.82, 2.24) is 4.90 Å². The number of rotatable bonds is 2. The number of hydrogen-bond donors (Lipinski definition) is 2. The first-order valence-electron chi connectivity index (χ1n) is 6.51. The van der Waals surface area contributed by atoms with Crippen molar-refractivity contribution in [2.45, 2.75) is 19.4 Å². The number of hydrogen-bond acceptors (Lipinski definition) is 3. The molecule has 1 fully saturated rings. The summed E-state index contributed by atoms with van der Waals surface area (Å²) in [6.07, 6.45) is 0. The van der Waals surface area contributed by atoms with Crippen LogP contribution >= 0.6 is 0 Å². The largest absolute Gasteiger partial charge is 0.478 e. The molecule has 1 aliphatic heterocycles. The monoisotopic (exact) mass is 296 g/mol. The van der Waals surface area contributed by atoms with Gasteiger partial charge in [0.05, 0.1) is 30.0 Å². The minimum Gasteiger partial charge on any atom is -0.478 e. The van der Waals surface area contributed by atoms with Crippen LogP contribution in [0.2, 0.25) is 0 Å². The maximum atomic E-state index is 13.2. The SMILES string of the molecule is CC1(C)CN(C(=O)Nc2cc(F)ccc2C(=O)O)CCO1. The smallest absolute Gasteiger partial charge is 0.337 e. The molecule has 2 amide bonds. The molecule has 0 saturated carbocycles. The number of aromatic carboxylic acids is 1. The van der Waals surface area contributed by atoms with E-state index in [9.17, 15) is 14.0 Å². The summed E-state index contributed by atoms with van der Waals surface area (Å²) in [5, 5.41) is 11.5. The number of benzene rings is 1. The number of anilines is 1. The summed E-state index contributed by atoms with van der Waals surface area (Å²) in [7, 11) is 0. The summed E-state index contributed by atoms with van der Waals surface area (Å²) < 4.78 is 18.7. The number of carbonyl (C=O) groups is 2. The van der Waals surface area contributed by atoms with Crippen molar-refractivity contribution in [1.29, 1.82) is 0 Å². The second kappa shape index (κ2) is 5.69. The van der Waals surface area contributed by atoms with Gasteiger partial charge >= 0.3 is 12.0 Å². The molecule has 0 unspecified atom stereocenters. The van der Waals surface area contributed by atoms with Crippen LogP contribution in [0.5, 0.6) is 0 Å². The quantitative estimate of drug-likeness (QED) is 0.876. The van der Waals surface area contributed by atoms with E-state index in [1.165, 1.54) is 4.90 Å². The predicted molar refractivity (Wildman–Crippen MR) is 74.0 cm³/mol. The number of morpholine rings is 1. The van der Waals surface area contributed by atoms with Gasteiger partial charge < -0.3 is 20.1 Å². The fourth-order valence-corrected chi connectivity index (χ4v) is 2.19. The number of ether oxygens (including phenoxy) is 1. The molecule has 0 aliphatic carbocycles. The van der Waals surface area contributed by atoms with Gasteiger partial charge in [0.1, 0.15) is 5.82 Å². The first-order valence-corrected chi connectivity index (χ1v) is 6.51. The average molecular weight is 296 g/mol. The van der Waals surface area contributed by atoms with E-state index in [-0.39, 0.29) is 11.3 Å². The van der Waals surface area contributed by atoms with Crippen molar-refractivity contribution in [2.75, 3.05) is 25.0 Å². The highest BCUT2D eigenvalue weighted by Gasteiger charge is 2.30. The summed E-state index contributed by atoms with van der Waals surface area (Å²) in [6, 6.07) is 2.68. The highest BCUT2D eigenvalue weighted by atomic mass is 19.1. The van der Waals surface area contributed by atoms with E-state index < -0.39 is 23.4 Å². The van der Waals surface area contributed by atoms with Crippen molar-refractivity contribution in [3.8, 4) is 0 Å². The van der Waals surface area contributed by atoms with Crippen LogP contribution in [0.3, 0.4) is 0 Å². The molecular weight excluding hydrogens is 279 g/mol. The van der Waals surface area contributed by atoms with Crippen molar-refractivity contribution in [2.24, 2.45) is 0 Å². The molecule has 2 rings (SSSR count). The molecule has 1 aromatic carbocycles. The molecule has 0 radical (unpaired) electrons. The lowest BCUT2D eigenvalue weighted by atomic mass is 10.1. The second-order valence-electron chi connectivity index (χ2n) is 5.45. The molecule has 1 aromatic rings. The second-order valence-corrected chi connectivity index (χ2v) is 5.45. The van der Waals surface area contributed by atoms with Gasteiger partial charge in [0.15, 0.2) is 0 Å². The van der Waals surface area contributed by atoms with Crippen LogP contribution in [0.1, 0.15) is 24.2 Å². The van der Waals surface area contributed by atoms with Crippen LogP contribution in [0.25, 0.3) is 0 Å². The van der Waals surface area contributed by atoms with Gasteiger partial charge in [-0.15, -0.1) is 0 Å². The molecule has 114 valence electrons. The first-order chi connectivity index (χ1) is 9.78. The highest BCUT2D eigenvalue weighted by molar-refractivity contribution is 6.00. The number of carbonyl (C=O) groups excluding carboxylic acids is 1. The number of nitrogens with zero attached hydrogens (tertiary/aromatic N) is 1. The van der Waals surface area contributed by atoms with Crippen LogP contribution in [0.15, 0.2) is 18.2 Å². The van der Waals surface area contributed by atoms with Gasteiger partial charge in [-0.05, 0) is 32.0 Å². The molecule has 0 atom stereocenters. The fraction of sp³-hybridized carbons (Fsp3) is 0.429. The van der Waals surface area contributed by atoms with Gasteiger partial charge in [0.25, 0.3) is 0 Å².